The van der Waals surface area contributed by atoms with E-state index in [0.717, 1.165) is 12.5 Å². The second-order valence-corrected chi connectivity index (χ2v) is 4.54. The lowest BCUT2D eigenvalue weighted by molar-refractivity contribution is 0.0966. The third kappa shape index (κ3) is 4.40. The molecule has 0 spiro atoms. The minimum absolute atomic E-state index is 0.801. The lowest BCUT2D eigenvalue weighted by Gasteiger charge is -2.32. The molecular weight excluding hydrogens is 176 g/mol. The molecule has 0 aromatic heterocycles. The number of likely N-dealkylation sites (tertiary alicyclic amines) is 1. The van der Waals surface area contributed by atoms with E-state index in [2.05, 4.69) is 23.9 Å². The zero-order valence-electron chi connectivity index (χ0n) is 9.83. The van der Waals surface area contributed by atoms with E-state index >= 15 is 0 Å². The Morgan fingerprint density at radius 1 is 1.29 bits per heavy atom. The monoisotopic (exact) mass is 200 g/mol. The second kappa shape index (κ2) is 6.38. The maximum absolute atomic E-state index is 5.19. The van der Waals surface area contributed by atoms with E-state index in [0.29, 0.717) is 0 Å². The number of rotatable bonds is 5. The fourth-order valence-electron chi connectivity index (χ4n) is 1.95. The smallest absolute Gasteiger partial charge is 0.0491 e. The Labute approximate surface area is 88.0 Å². The summed E-state index contributed by atoms with van der Waals surface area (Å²) in [7, 11) is 6.08. The van der Waals surface area contributed by atoms with Crippen molar-refractivity contribution in [1.29, 1.82) is 0 Å². The summed E-state index contributed by atoms with van der Waals surface area (Å²) in [6, 6.07) is 0. The zero-order chi connectivity index (χ0) is 10.4. The molecule has 1 heterocycles. The highest BCUT2D eigenvalue weighted by Gasteiger charge is 2.18. The lowest BCUT2D eigenvalue weighted by Crippen LogP contribution is -2.38. The number of nitrogens with zero attached hydrogens (tertiary/aromatic N) is 2. The van der Waals surface area contributed by atoms with E-state index in [1.807, 2.05) is 0 Å². The van der Waals surface area contributed by atoms with Crippen molar-refractivity contribution < 1.29 is 4.74 Å². The molecule has 3 nitrogen and oxygen atoms in total. The Balaban J connectivity index is 2.09. The quantitative estimate of drug-likeness (QED) is 0.656. The third-order valence-electron chi connectivity index (χ3n) is 2.97. The Morgan fingerprint density at radius 2 is 1.93 bits per heavy atom. The Morgan fingerprint density at radius 3 is 2.43 bits per heavy atom. The van der Waals surface area contributed by atoms with Crippen LogP contribution in [0.3, 0.4) is 0 Å². The van der Waals surface area contributed by atoms with Crippen molar-refractivity contribution in [3.63, 3.8) is 0 Å². The minimum Gasteiger partial charge on any atom is -0.384 e. The summed E-state index contributed by atoms with van der Waals surface area (Å²) in [5, 5.41) is 0. The highest BCUT2D eigenvalue weighted by Crippen LogP contribution is 2.16. The molecule has 0 N–H and O–H groups in total. The maximum Gasteiger partial charge on any atom is 0.0491 e. The first kappa shape index (κ1) is 12.0. The van der Waals surface area contributed by atoms with Crippen molar-refractivity contribution in [3.05, 3.63) is 0 Å². The molecule has 0 aromatic rings. The van der Waals surface area contributed by atoms with Crippen molar-refractivity contribution in [2.45, 2.75) is 12.8 Å². The van der Waals surface area contributed by atoms with Gasteiger partial charge in [0.2, 0.25) is 0 Å². The van der Waals surface area contributed by atoms with E-state index in [-0.39, 0.29) is 0 Å². The lowest BCUT2D eigenvalue weighted by atomic mass is 9.98. The van der Waals surface area contributed by atoms with E-state index in [1.165, 1.54) is 39.0 Å². The average molecular weight is 200 g/mol. The van der Waals surface area contributed by atoms with Gasteiger partial charge in [0.25, 0.3) is 0 Å². The predicted molar refractivity (Wildman–Crippen MR) is 59.6 cm³/mol. The van der Waals surface area contributed by atoms with Gasteiger partial charge in [0, 0.05) is 26.8 Å². The first-order chi connectivity index (χ1) is 6.72. The molecule has 1 fully saturated rings. The average Bonchev–Trinajstić information content (AvgIpc) is 2.17. The SMILES string of the molecule is COCC1CCN(CCN(C)C)CC1. The molecule has 0 saturated carbocycles. The van der Waals surface area contributed by atoms with Crippen LogP contribution in [0.15, 0.2) is 0 Å². The molecule has 0 unspecified atom stereocenters. The van der Waals surface area contributed by atoms with Gasteiger partial charge in [0.15, 0.2) is 0 Å². The number of piperidine rings is 1. The molecular formula is C11H24N2O. The molecule has 84 valence electrons. The van der Waals surface area contributed by atoms with Crippen molar-refractivity contribution in [2.24, 2.45) is 5.92 Å². The molecule has 0 radical (unpaired) electrons. The zero-order valence-corrected chi connectivity index (χ0v) is 9.83. The van der Waals surface area contributed by atoms with Gasteiger partial charge < -0.3 is 14.5 Å². The molecule has 1 saturated heterocycles. The normalized spacial score (nSPS) is 20.6. The molecule has 14 heavy (non-hydrogen) atoms. The minimum atomic E-state index is 0.801. The van der Waals surface area contributed by atoms with Gasteiger partial charge in [-0.2, -0.15) is 0 Å². The van der Waals surface area contributed by atoms with Gasteiger partial charge in [-0.1, -0.05) is 0 Å². The number of hydrogen-bond acceptors (Lipinski definition) is 3. The Hall–Kier alpha value is -0.120. The fraction of sp³-hybridized carbons (Fsp3) is 1.00. The summed E-state index contributed by atoms with van der Waals surface area (Å²) >= 11 is 0. The molecule has 0 atom stereocenters. The van der Waals surface area contributed by atoms with Crippen LogP contribution in [-0.4, -0.2) is 63.8 Å². The molecule has 0 bridgehead atoms. The van der Waals surface area contributed by atoms with Crippen LogP contribution in [0.2, 0.25) is 0 Å². The Kier molecular flexibility index (Phi) is 5.45. The van der Waals surface area contributed by atoms with Crippen LogP contribution in [0.4, 0.5) is 0 Å². The topological polar surface area (TPSA) is 15.7 Å². The molecule has 1 aliphatic rings. The van der Waals surface area contributed by atoms with Crippen LogP contribution < -0.4 is 0 Å². The highest BCUT2D eigenvalue weighted by molar-refractivity contribution is 4.72. The number of methoxy groups -OCH3 is 1. The maximum atomic E-state index is 5.19. The summed E-state index contributed by atoms with van der Waals surface area (Å²) in [6.45, 7) is 5.84. The van der Waals surface area contributed by atoms with Crippen LogP contribution in [0, 0.1) is 5.92 Å². The summed E-state index contributed by atoms with van der Waals surface area (Å²) in [5.74, 6) is 0.801. The van der Waals surface area contributed by atoms with Gasteiger partial charge >= 0.3 is 0 Å². The molecule has 1 aliphatic heterocycles. The van der Waals surface area contributed by atoms with Crippen LogP contribution >= 0.6 is 0 Å². The van der Waals surface area contributed by atoms with E-state index < -0.39 is 0 Å². The number of ether oxygens (including phenoxy) is 1. The van der Waals surface area contributed by atoms with Gasteiger partial charge in [-0.3, -0.25) is 0 Å². The van der Waals surface area contributed by atoms with Gasteiger partial charge in [-0.05, 0) is 45.9 Å². The molecule has 0 aromatic carbocycles. The fourth-order valence-corrected chi connectivity index (χ4v) is 1.95. The van der Waals surface area contributed by atoms with Crippen LogP contribution in [0.5, 0.6) is 0 Å². The standard InChI is InChI=1S/C11H24N2O/c1-12(2)8-9-13-6-4-11(5-7-13)10-14-3/h11H,4-10H2,1-3H3. The van der Waals surface area contributed by atoms with Crippen molar-refractivity contribution in [2.75, 3.05) is 54.0 Å². The first-order valence-corrected chi connectivity index (χ1v) is 5.58. The summed E-state index contributed by atoms with van der Waals surface area (Å²) in [5.41, 5.74) is 0. The van der Waals surface area contributed by atoms with Gasteiger partial charge in [-0.15, -0.1) is 0 Å². The largest absolute Gasteiger partial charge is 0.384 e. The van der Waals surface area contributed by atoms with Crippen LogP contribution in [-0.2, 0) is 4.74 Å². The van der Waals surface area contributed by atoms with E-state index in [1.54, 1.807) is 7.11 Å². The predicted octanol–water partition coefficient (Wildman–Crippen LogP) is 0.906. The van der Waals surface area contributed by atoms with Crippen LogP contribution in [0.25, 0.3) is 0 Å². The van der Waals surface area contributed by atoms with E-state index in [9.17, 15) is 0 Å². The molecule has 3 heteroatoms. The summed E-state index contributed by atoms with van der Waals surface area (Å²) in [6.07, 6.45) is 2.61. The molecule has 0 amide bonds. The first-order valence-electron chi connectivity index (χ1n) is 5.58. The highest BCUT2D eigenvalue weighted by atomic mass is 16.5. The Bertz CT molecular complexity index is 142. The van der Waals surface area contributed by atoms with Gasteiger partial charge in [-0.25, -0.2) is 0 Å². The number of hydrogen-bond donors (Lipinski definition) is 0. The molecule has 1 rings (SSSR count). The van der Waals surface area contributed by atoms with Gasteiger partial charge in [0.05, 0.1) is 0 Å². The van der Waals surface area contributed by atoms with Crippen molar-refractivity contribution in [3.8, 4) is 0 Å². The summed E-state index contributed by atoms with van der Waals surface area (Å²) < 4.78 is 5.19. The third-order valence-corrected chi connectivity index (χ3v) is 2.97. The van der Waals surface area contributed by atoms with Crippen molar-refractivity contribution in [1.82, 2.24) is 9.80 Å². The van der Waals surface area contributed by atoms with Gasteiger partial charge in [0.1, 0.15) is 0 Å². The van der Waals surface area contributed by atoms with Crippen molar-refractivity contribution >= 4 is 0 Å². The molecule has 0 aliphatic carbocycles. The second-order valence-electron chi connectivity index (χ2n) is 4.54. The number of likely N-dealkylation sites (N-methyl/N-ethyl adjacent to an activating group) is 1. The van der Waals surface area contributed by atoms with E-state index in [4.69, 9.17) is 4.74 Å². The van der Waals surface area contributed by atoms with Crippen LogP contribution in [0.1, 0.15) is 12.8 Å². The summed E-state index contributed by atoms with van der Waals surface area (Å²) in [4.78, 5) is 4.81.